The second kappa shape index (κ2) is 15.9. The second-order valence-electron chi connectivity index (χ2n) is 6.43. The van der Waals surface area contributed by atoms with E-state index in [1.165, 1.54) is 12.8 Å². The normalized spacial score (nSPS) is 17.9. The van der Waals surface area contributed by atoms with E-state index in [0.29, 0.717) is 65.9 Å². The van der Waals surface area contributed by atoms with Crippen molar-refractivity contribution < 1.29 is 28.8 Å². The van der Waals surface area contributed by atoms with Crippen molar-refractivity contribution >= 4 is 0 Å². The van der Waals surface area contributed by atoms with Crippen LogP contribution < -0.4 is 0 Å². The van der Waals surface area contributed by atoms with Crippen LogP contribution in [0.4, 0.5) is 0 Å². The van der Waals surface area contributed by atoms with Gasteiger partial charge in [0.1, 0.15) is 6.23 Å². The maximum atomic E-state index is 10.1. The van der Waals surface area contributed by atoms with Crippen LogP contribution >= 0.6 is 0 Å². The summed E-state index contributed by atoms with van der Waals surface area (Å²) in [4.78, 5) is 2.15. The number of ether oxygens (including phenoxy) is 5. The maximum Gasteiger partial charge on any atom is 0.109 e. The van der Waals surface area contributed by atoms with E-state index in [-0.39, 0.29) is 6.23 Å². The summed E-state index contributed by atoms with van der Waals surface area (Å²) in [5.41, 5.74) is 0. The summed E-state index contributed by atoms with van der Waals surface area (Å²) in [7, 11) is 1.65. The minimum Gasteiger partial charge on any atom is -0.382 e. The molecule has 0 saturated carbocycles. The van der Waals surface area contributed by atoms with E-state index in [9.17, 15) is 5.11 Å². The highest BCUT2D eigenvalue weighted by Crippen LogP contribution is 2.18. The van der Waals surface area contributed by atoms with Gasteiger partial charge in [-0.2, -0.15) is 0 Å². The lowest BCUT2D eigenvalue weighted by atomic mass is 9.99. The zero-order chi connectivity index (χ0) is 18.2. The number of aliphatic hydroxyl groups is 1. The lowest BCUT2D eigenvalue weighted by Gasteiger charge is -2.33. The van der Waals surface area contributed by atoms with Gasteiger partial charge in [0.2, 0.25) is 0 Å². The molecule has 1 aliphatic heterocycles. The molecule has 150 valence electrons. The SMILES string of the molecule is COCCOCCOCCOCCOCCC(O)N1CCC(C)CC1. The van der Waals surface area contributed by atoms with Gasteiger partial charge in [0, 0.05) is 26.6 Å². The lowest BCUT2D eigenvalue weighted by molar-refractivity contribution is -0.0440. The molecule has 0 aromatic carbocycles. The van der Waals surface area contributed by atoms with Crippen LogP contribution in [-0.4, -0.2) is 95.9 Å². The van der Waals surface area contributed by atoms with Gasteiger partial charge in [0.15, 0.2) is 0 Å². The van der Waals surface area contributed by atoms with E-state index >= 15 is 0 Å². The zero-order valence-electron chi connectivity index (χ0n) is 16.0. The van der Waals surface area contributed by atoms with Crippen LogP contribution in [0.3, 0.4) is 0 Å². The van der Waals surface area contributed by atoms with E-state index in [4.69, 9.17) is 23.7 Å². The molecule has 7 heteroatoms. The fourth-order valence-corrected chi connectivity index (χ4v) is 2.60. The van der Waals surface area contributed by atoms with Crippen molar-refractivity contribution in [1.82, 2.24) is 4.90 Å². The fraction of sp³-hybridized carbons (Fsp3) is 1.00. The van der Waals surface area contributed by atoms with Crippen molar-refractivity contribution in [3.63, 3.8) is 0 Å². The van der Waals surface area contributed by atoms with Crippen molar-refractivity contribution in [2.75, 3.05) is 79.7 Å². The standard InChI is InChI=1S/C18H37NO6/c1-17-3-6-19(7-4-17)18(20)5-8-22-11-12-24-15-16-25-14-13-23-10-9-21-2/h17-18,20H,3-16H2,1-2H3. The fourth-order valence-electron chi connectivity index (χ4n) is 2.60. The molecule has 1 unspecified atom stereocenters. The molecule has 1 fully saturated rings. The molecule has 1 aliphatic rings. The molecule has 1 rings (SSSR count). The minimum absolute atomic E-state index is 0.382. The van der Waals surface area contributed by atoms with Gasteiger partial charge in [0.25, 0.3) is 0 Å². The summed E-state index contributed by atoms with van der Waals surface area (Å²) in [6.45, 7) is 9.36. The number of rotatable bonds is 16. The predicted molar refractivity (Wildman–Crippen MR) is 95.7 cm³/mol. The van der Waals surface area contributed by atoms with E-state index < -0.39 is 0 Å². The van der Waals surface area contributed by atoms with Crippen molar-refractivity contribution in [2.24, 2.45) is 5.92 Å². The molecule has 7 nitrogen and oxygen atoms in total. The first-order chi connectivity index (χ1) is 12.2. The predicted octanol–water partition coefficient (Wildman–Crippen LogP) is 1.14. The molecule has 1 saturated heterocycles. The Bertz CT molecular complexity index is 287. The molecule has 0 spiro atoms. The third-order valence-corrected chi connectivity index (χ3v) is 4.31. The highest BCUT2D eigenvalue weighted by atomic mass is 16.6. The third-order valence-electron chi connectivity index (χ3n) is 4.31. The van der Waals surface area contributed by atoms with Gasteiger partial charge in [-0.05, 0) is 18.8 Å². The summed E-state index contributed by atoms with van der Waals surface area (Å²) < 4.78 is 26.5. The molecule has 1 atom stereocenters. The molecule has 0 amide bonds. The summed E-state index contributed by atoms with van der Waals surface area (Å²) in [6, 6.07) is 0. The van der Waals surface area contributed by atoms with E-state index in [1.54, 1.807) is 7.11 Å². The van der Waals surface area contributed by atoms with Gasteiger partial charge in [0.05, 0.1) is 59.5 Å². The van der Waals surface area contributed by atoms with Crippen LogP contribution in [0.15, 0.2) is 0 Å². The lowest BCUT2D eigenvalue weighted by Crippen LogP contribution is -2.41. The van der Waals surface area contributed by atoms with Crippen molar-refractivity contribution in [3.05, 3.63) is 0 Å². The van der Waals surface area contributed by atoms with Crippen LogP contribution in [0.2, 0.25) is 0 Å². The molecule has 0 radical (unpaired) electrons. The molecule has 0 aromatic rings. The van der Waals surface area contributed by atoms with Gasteiger partial charge in [-0.1, -0.05) is 6.92 Å². The summed E-state index contributed by atoms with van der Waals surface area (Å²) in [5, 5.41) is 10.1. The molecule has 0 aliphatic carbocycles. The van der Waals surface area contributed by atoms with Crippen molar-refractivity contribution in [1.29, 1.82) is 0 Å². The monoisotopic (exact) mass is 363 g/mol. The van der Waals surface area contributed by atoms with Gasteiger partial charge >= 0.3 is 0 Å². The first-order valence-electron chi connectivity index (χ1n) is 9.46. The quantitative estimate of drug-likeness (QED) is 0.412. The Labute approximate surface area is 152 Å². The Morgan fingerprint density at radius 2 is 1.24 bits per heavy atom. The highest BCUT2D eigenvalue weighted by molar-refractivity contribution is 4.71. The van der Waals surface area contributed by atoms with E-state index in [0.717, 1.165) is 19.0 Å². The number of methoxy groups -OCH3 is 1. The van der Waals surface area contributed by atoms with Crippen LogP contribution in [-0.2, 0) is 23.7 Å². The second-order valence-corrected chi connectivity index (χ2v) is 6.43. The molecule has 25 heavy (non-hydrogen) atoms. The number of hydrogen-bond donors (Lipinski definition) is 1. The largest absolute Gasteiger partial charge is 0.382 e. The Morgan fingerprint density at radius 1 is 0.800 bits per heavy atom. The smallest absolute Gasteiger partial charge is 0.109 e. The minimum atomic E-state index is -0.382. The topological polar surface area (TPSA) is 69.6 Å². The first-order valence-corrected chi connectivity index (χ1v) is 9.46. The average Bonchev–Trinajstić information content (AvgIpc) is 2.62. The van der Waals surface area contributed by atoms with Crippen LogP contribution in [0.25, 0.3) is 0 Å². The molecular formula is C18H37NO6. The first kappa shape index (κ1) is 22.8. The third kappa shape index (κ3) is 12.7. The number of hydrogen-bond acceptors (Lipinski definition) is 7. The molecular weight excluding hydrogens is 326 g/mol. The summed E-state index contributed by atoms with van der Waals surface area (Å²) in [6.07, 6.45) is 2.62. The molecule has 1 N–H and O–H groups in total. The summed E-state index contributed by atoms with van der Waals surface area (Å²) >= 11 is 0. The summed E-state index contributed by atoms with van der Waals surface area (Å²) in [5.74, 6) is 0.781. The number of likely N-dealkylation sites (tertiary alicyclic amines) is 1. The van der Waals surface area contributed by atoms with Crippen LogP contribution in [0.5, 0.6) is 0 Å². The van der Waals surface area contributed by atoms with E-state index in [1.807, 2.05) is 0 Å². The Kier molecular flexibility index (Phi) is 14.5. The number of piperidine rings is 1. The molecule has 0 bridgehead atoms. The van der Waals surface area contributed by atoms with Crippen LogP contribution in [0.1, 0.15) is 26.2 Å². The highest BCUT2D eigenvalue weighted by Gasteiger charge is 2.21. The Balaban J connectivity index is 1.77. The molecule has 0 aromatic heterocycles. The van der Waals surface area contributed by atoms with Gasteiger partial charge in [-0.25, -0.2) is 0 Å². The van der Waals surface area contributed by atoms with Crippen LogP contribution in [0, 0.1) is 5.92 Å². The number of aliphatic hydroxyl groups excluding tert-OH is 1. The van der Waals surface area contributed by atoms with Gasteiger partial charge in [-0.3, -0.25) is 4.90 Å². The van der Waals surface area contributed by atoms with Crippen molar-refractivity contribution in [3.8, 4) is 0 Å². The van der Waals surface area contributed by atoms with Gasteiger partial charge in [-0.15, -0.1) is 0 Å². The Hall–Kier alpha value is -0.280. The number of nitrogens with zero attached hydrogens (tertiary/aromatic N) is 1. The van der Waals surface area contributed by atoms with E-state index in [2.05, 4.69) is 11.8 Å². The maximum absolute atomic E-state index is 10.1. The zero-order valence-corrected chi connectivity index (χ0v) is 16.0. The molecule has 1 heterocycles. The average molecular weight is 363 g/mol. The van der Waals surface area contributed by atoms with Crippen molar-refractivity contribution in [2.45, 2.75) is 32.4 Å². The van der Waals surface area contributed by atoms with Gasteiger partial charge < -0.3 is 28.8 Å². The Morgan fingerprint density at radius 3 is 1.72 bits per heavy atom.